The van der Waals surface area contributed by atoms with Crippen LogP contribution in [-0.4, -0.2) is 93.5 Å². The van der Waals surface area contributed by atoms with Crippen LogP contribution in [0.3, 0.4) is 0 Å². The minimum absolute atomic E-state index is 0.0316. The minimum Gasteiger partial charge on any atom is -0.366 e. The Kier molecular flexibility index (Phi) is 6.37. The van der Waals surface area contributed by atoms with Gasteiger partial charge in [-0.25, -0.2) is 22.4 Å². The predicted octanol–water partition coefficient (Wildman–Crippen LogP) is 1.45. The molecule has 4 heterocycles. The van der Waals surface area contributed by atoms with Gasteiger partial charge in [0.05, 0.1) is 34.9 Å². The summed E-state index contributed by atoms with van der Waals surface area (Å²) in [4.78, 5) is 32.3. The maximum atomic E-state index is 14.1. The first-order chi connectivity index (χ1) is 19.4. The maximum absolute atomic E-state index is 14.1. The van der Waals surface area contributed by atoms with E-state index in [-0.39, 0.29) is 34.5 Å². The van der Waals surface area contributed by atoms with E-state index in [0.29, 0.717) is 36.5 Å². The van der Waals surface area contributed by atoms with Crippen molar-refractivity contribution in [1.29, 1.82) is 0 Å². The van der Waals surface area contributed by atoms with Crippen LogP contribution in [0.15, 0.2) is 46.5 Å². The molecular formula is C27H35N9O4S. The molecule has 2 fully saturated rings. The first-order valence-corrected chi connectivity index (χ1v) is 15.1. The molecule has 14 heteroatoms. The van der Waals surface area contributed by atoms with Gasteiger partial charge in [0.1, 0.15) is 11.2 Å². The highest BCUT2D eigenvalue weighted by Gasteiger charge is 2.41. The number of piperazine rings is 1. The molecule has 1 saturated carbocycles. The fraction of sp³-hybridized carbons (Fsp3) is 0.481. The van der Waals surface area contributed by atoms with E-state index >= 15 is 0 Å². The largest absolute Gasteiger partial charge is 0.366 e. The van der Waals surface area contributed by atoms with Crippen LogP contribution in [0.25, 0.3) is 16.6 Å². The number of anilines is 1. The summed E-state index contributed by atoms with van der Waals surface area (Å²) < 4.78 is 35.0. The number of benzene rings is 1. The number of amides is 2. The zero-order valence-electron chi connectivity index (χ0n) is 23.9. The summed E-state index contributed by atoms with van der Waals surface area (Å²) in [5.74, 6) is 0. The number of nitrogens with zero attached hydrogens (tertiary/aromatic N) is 8. The molecule has 218 valence electrons. The molecule has 41 heavy (non-hydrogen) atoms. The number of hydrogen-bond donors (Lipinski definition) is 1. The number of carbonyl (C=O) groups excluding carboxylic acids is 1. The Balaban J connectivity index is 1.54. The van der Waals surface area contributed by atoms with Crippen molar-refractivity contribution in [2.24, 2.45) is 7.05 Å². The van der Waals surface area contributed by atoms with Gasteiger partial charge in [0.2, 0.25) is 10.0 Å². The number of urea groups is 1. The smallest absolute Gasteiger partial charge is 0.319 e. The molecule has 2 amide bonds. The Labute approximate surface area is 238 Å². The average molecular weight is 582 g/mol. The zero-order valence-corrected chi connectivity index (χ0v) is 24.7. The fourth-order valence-electron chi connectivity index (χ4n) is 5.58. The van der Waals surface area contributed by atoms with Crippen LogP contribution in [0, 0.1) is 0 Å². The summed E-state index contributed by atoms with van der Waals surface area (Å²) in [5, 5.41) is 9.05. The third-order valence-electron chi connectivity index (χ3n) is 8.04. The first kappa shape index (κ1) is 27.3. The van der Waals surface area contributed by atoms with Crippen LogP contribution in [0.5, 0.6) is 0 Å². The van der Waals surface area contributed by atoms with E-state index in [4.69, 9.17) is 0 Å². The molecule has 0 unspecified atom stereocenters. The summed E-state index contributed by atoms with van der Waals surface area (Å²) in [6, 6.07) is 4.66. The molecule has 1 N–H and O–H groups in total. The normalized spacial score (nSPS) is 18.8. The van der Waals surface area contributed by atoms with Crippen LogP contribution in [0.2, 0.25) is 0 Å². The number of aryl methyl sites for hydroxylation is 1. The van der Waals surface area contributed by atoms with Crippen molar-refractivity contribution in [2.45, 2.75) is 49.7 Å². The highest BCUT2D eigenvalue weighted by atomic mass is 32.2. The number of fused-ring (bicyclic) bond motifs is 3. The number of rotatable bonds is 6. The lowest BCUT2D eigenvalue weighted by Gasteiger charge is -2.42. The number of aromatic nitrogens is 5. The molecule has 13 nitrogen and oxygen atoms in total. The van der Waals surface area contributed by atoms with E-state index in [0.717, 1.165) is 18.4 Å². The lowest BCUT2D eigenvalue weighted by atomic mass is 10.1. The average Bonchev–Trinajstić information content (AvgIpc) is 3.26. The van der Waals surface area contributed by atoms with Gasteiger partial charge in [-0.15, -0.1) is 0 Å². The Hall–Kier alpha value is -3.91. The highest BCUT2D eigenvalue weighted by Crippen LogP contribution is 2.37. The van der Waals surface area contributed by atoms with E-state index in [1.165, 1.54) is 6.07 Å². The van der Waals surface area contributed by atoms with Gasteiger partial charge in [0, 0.05) is 70.2 Å². The van der Waals surface area contributed by atoms with Gasteiger partial charge in [0.25, 0.3) is 5.56 Å². The van der Waals surface area contributed by atoms with Crippen LogP contribution in [0.1, 0.15) is 32.3 Å². The molecule has 3 aromatic heterocycles. The molecule has 1 saturated heterocycles. The summed E-state index contributed by atoms with van der Waals surface area (Å²) in [7, 11) is 1.34. The quantitative estimate of drug-likeness (QED) is 0.365. The molecule has 1 atom stereocenters. The molecule has 2 aliphatic rings. The summed E-state index contributed by atoms with van der Waals surface area (Å²) in [6.45, 7) is 5.48. The van der Waals surface area contributed by atoms with E-state index in [1.54, 1.807) is 62.2 Å². The Morgan fingerprint density at radius 2 is 1.95 bits per heavy atom. The van der Waals surface area contributed by atoms with Crippen LogP contribution < -0.4 is 15.2 Å². The van der Waals surface area contributed by atoms with E-state index in [9.17, 15) is 18.0 Å². The molecular weight excluding hydrogens is 546 g/mol. The maximum Gasteiger partial charge on any atom is 0.319 e. The summed E-state index contributed by atoms with van der Waals surface area (Å²) >= 11 is 0. The number of nitrogens with one attached hydrogen (secondary N) is 1. The monoisotopic (exact) mass is 581 g/mol. The van der Waals surface area contributed by atoms with Crippen molar-refractivity contribution < 1.29 is 13.2 Å². The highest BCUT2D eigenvalue weighted by molar-refractivity contribution is 7.89. The molecule has 4 aromatic rings. The molecule has 1 aromatic carbocycles. The lowest BCUT2D eigenvalue weighted by molar-refractivity contribution is 0.147. The predicted molar refractivity (Wildman–Crippen MR) is 155 cm³/mol. The van der Waals surface area contributed by atoms with Crippen molar-refractivity contribution in [3.63, 3.8) is 0 Å². The van der Waals surface area contributed by atoms with Gasteiger partial charge in [0.15, 0.2) is 0 Å². The van der Waals surface area contributed by atoms with Gasteiger partial charge in [-0.05, 0) is 38.8 Å². The van der Waals surface area contributed by atoms with Gasteiger partial charge >= 0.3 is 6.03 Å². The van der Waals surface area contributed by atoms with E-state index in [1.807, 2.05) is 27.1 Å². The van der Waals surface area contributed by atoms with Crippen molar-refractivity contribution in [3.05, 3.63) is 52.7 Å². The fourth-order valence-corrected chi connectivity index (χ4v) is 7.09. The number of carbonyl (C=O) groups is 1. The van der Waals surface area contributed by atoms with Crippen molar-refractivity contribution in [1.82, 2.24) is 38.5 Å². The Morgan fingerprint density at radius 3 is 2.59 bits per heavy atom. The Bertz CT molecular complexity index is 1830. The second-order valence-corrected chi connectivity index (χ2v) is 13.4. The third-order valence-corrected chi connectivity index (χ3v) is 9.65. The van der Waals surface area contributed by atoms with Crippen molar-refractivity contribution in [3.8, 4) is 0 Å². The second kappa shape index (κ2) is 9.58. The van der Waals surface area contributed by atoms with Gasteiger partial charge < -0.3 is 14.7 Å². The number of hydrogen-bond acceptors (Lipinski definition) is 7. The SMILES string of the molecule is C[C@@H]1CN(c2cc(S(=O)(=O)NC3(C)CC3)cc3c(=O)n(Cc4cnn(C)c4)c4ccnn4c23)CCN1C(=O)N(C)C. The van der Waals surface area contributed by atoms with E-state index in [2.05, 4.69) is 19.8 Å². The van der Waals surface area contributed by atoms with Crippen molar-refractivity contribution >= 4 is 38.3 Å². The van der Waals surface area contributed by atoms with Crippen LogP contribution in [-0.2, 0) is 23.6 Å². The lowest BCUT2D eigenvalue weighted by Crippen LogP contribution is -2.56. The first-order valence-electron chi connectivity index (χ1n) is 13.7. The minimum atomic E-state index is -3.92. The third kappa shape index (κ3) is 4.84. The standard InChI is InChI=1S/C27H35N9O4S/c1-18-15-33(10-11-34(18)26(38)31(3)4)22-13-20(41(39,40)30-27(2)7-8-27)12-21-24(22)36-23(6-9-28-36)35(25(21)37)17-19-14-29-32(5)16-19/h6,9,12-14,16,18,30H,7-8,10-11,15,17H2,1-5H3/t18-/m1/s1. The summed E-state index contributed by atoms with van der Waals surface area (Å²) in [6.07, 6.45) is 6.70. The second-order valence-electron chi connectivity index (χ2n) is 11.7. The van der Waals surface area contributed by atoms with Crippen LogP contribution >= 0.6 is 0 Å². The molecule has 0 radical (unpaired) electrons. The summed E-state index contributed by atoms with van der Waals surface area (Å²) in [5.41, 5.74) is 1.75. The van der Waals surface area contributed by atoms with Gasteiger partial charge in [-0.3, -0.25) is 14.0 Å². The van der Waals surface area contributed by atoms with Gasteiger partial charge in [-0.2, -0.15) is 10.2 Å². The van der Waals surface area contributed by atoms with Crippen LogP contribution in [0.4, 0.5) is 10.5 Å². The van der Waals surface area contributed by atoms with E-state index < -0.39 is 15.6 Å². The topological polar surface area (TPSA) is 130 Å². The molecule has 1 aliphatic heterocycles. The Morgan fingerprint density at radius 1 is 1.20 bits per heavy atom. The molecule has 0 bridgehead atoms. The molecule has 6 rings (SSSR count). The van der Waals surface area contributed by atoms with Gasteiger partial charge in [-0.1, -0.05) is 0 Å². The molecule has 1 aliphatic carbocycles. The zero-order chi connectivity index (χ0) is 29.3. The molecule has 0 spiro atoms. The van der Waals surface area contributed by atoms with Crippen molar-refractivity contribution in [2.75, 3.05) is 38.6 Å². The number of sulfonamides is 1.